The van der Waals surface area contributed by atoms with Gasteiger partial charge in [0.2, 0.25) is 0 Å². The Bertz CT molecular complexity index is 674. The Balaban J connectivity index is 3.42. The highest BCUT2D eigenvalue weighted by Crippen LogP contribution is 2.32. The lowest BCUT2D eigenvalue weighted by Crippen LogP contribution is -2.48. The smallest absolute Gasteiger partial charge is 0.307 e. The number of carbonyl (C=O) groups excluding carboxylic acids is 1. The topological polar surface area (TPSA) is 98.5 Å². The van der Waals surface area contributed by atoms with E-state index < -0.39 is 38.0 Å². The first-order valence-corrected chi connectivity index (χ1v) is 8.26. The Morgan fingerprint density at radius 2 is 1.96 bits per heavy atom. The Kier molecular flexibility index (Phi) is 6.18. The maximum atomic E-state index is 14.3. The summed E-state index contributed by atoms with van der Waals surface area (Å²) in [7, 11) is -0.472. The third-order valence-electron chi connectivity index (χ3n) is 3.35. The number of halogens is 1. The van der Waals surface area contributed by atoms with Crippen LogP contribution in [-0.2, 0) is 26.1 Å². The molecule has 0 bridgehead atoms. The van der Waals surface area contributed by atoms with Gasteiger partial charge in [0.1, 0.15) is 5.82 Å². The van der Waals surface area contributed by atoms with Gasteiger partial charge in [0.15, 0.2) is 0 Å². The van der Waals surface area contributed by atoms with E-state index in [1.807, 2.05) is 0 Å². The van der Waals surface area contributed by atoms with Crippen molar-refractivity contribution in [3.05, 3.63) is 39.7 Å². The SMILES string of the molecule is COC(=O)C[C@](C)(N[S@](=O)C(C)(C)C)c1cc([N+](=O)[O-])ccc1F. The van der Waals surface area contributed by atoms with Crippen LogP contribution in [0, 0.1) is 15.9 Å². The number of nitrogens with one attached hydrogen (secondary N) is 1. The van der Waals surface area contributed by atoms with Crippen LogP contribution in [0.2, 0.25) is 0 Å². The van der Waals surface area contributed by atoms with Crippen molar-refractivity contribution in [1.82, 2.24) is 4.72 Å². The number of non-ortho nitro benzene ring substituents is 1. The number of ether oxygens (including phenoxy) is 1. The average Bonchev–Trinajstić information content (AvgIpc) is 2.45. The Morgan fingerprint density at radius 3 is 2.42 bits per heavy atom. The molecule has 0 aliphatic heterocycles. The summed E-state index contributed by atoms with van der Waals surface area (Å²) >= 11 is 0. The average molecular weight is 360 g/mol. The van der Waals surface area contributed by atoms with Gasteiger partial charge in [-0.1, -0.05) is 0 Å². The molecule has 0 saturated carbocycles. The van der Waals surface area contributed by atoms with Crippen molar-refractivity contribution in [3.63, 3.8) is 0 Å². The second-order valence-electron chi connectivity index (χ2n) is 6.49. The summed E-state index contributed by atoms with van der Waals surface area (Å²) in [5, 5.41) is 11.0. The van der Waals surface area contributed by atoms with E-state index >= 15 is 0 Å². The van der Waals surface area contributed by atoms with E-state index in [0.29, 0.717) is 0 Å². The van der Waals surface area contributed by atoms with Gasteiger partial charge in [0.05, 0.1) is 39.7 Å². The minimum atomic E-state index is -1.65. The monoisotopic (exact) mass is 360 g/mol. The van der Waals surface area contributed by atoms with Crippen LogP contribution in [0.15, 0.2) is 18.2 Å². The van der Waals surface area contributed by atoms with Gasteiger partial charge in [-0.3, -0.25) is 14.9 Å². The van der Waals surface area contributed by atoms with Crippen molar-refractivity contribution < 1.29 is 23.1 Å². The van der Waals surface area contributed by atoms with Gasteiger partial charge in [0.25, 0.3) is 5.69 Å². The van der Waals surface area contributed by atoms with Crippen LogP contribution in [0.5, 0.6) is 0 Å². The molecule has 0 spiro atoms. The zero-order chi connectivity index (χ0) is 18.7. The molecule has 0 unspecified atom stereocenters. The van der Waals surface area contributed by atoms with Gasteiger partial charge in [-0.05, 0) is 33.8 Å². The minimum Gasteiger partial charge on any atom is -0.469 e. The lowest BCUT2D eigenvalue weighted by molar-refractivity contribution is -0.385. The van der Waals surface area contributed by atoms with Crippen LogP contribution in [0.25, 0.3) is 0 Å². The molecule has 1 N–H and O–H groups in total. The number of rotatable bonds is 6. The predicted molar refractivity (Wildman–Crippen MR) is 88.1 cm³/mol. The molecule has 9 heteroatoms. The molecule has 0 aromatic heterocycles. The van der Waals surface area contributed by atoms with Crippen molar-refractivity contribution in [1.29, 1.82) is 0 Å². The molecular weight excluding hydrogens is 339 g/mol. The molecule has 0 fully saturated rings. The van der Waals surface area contributed by atoms with Gasteiger partial charge in [-0.2, -0.15) is 0 Å². The second-order valence-corrected chi connectivity index (χ2v) is 8.46. The molecule has 1 rings (SSSR count). The summed E-state index contributed by atoms with van der Waals surface area (Å²) in [5.41, 5.74) is -1.90. The summed E-state index contributed by atoms with van der Waals surface area (Å²) in [6, 6.07) is 3.01. The van der Waals surface area contributed by atoms with Gasteiger partial charge in [-0.25, -0.2) is 13.3 Å². The molecule has 0 saturated heterocycles. The molecule has 134 valence electrons. The Morgan fingerprint density at radius 1 is 1.38 bits per heavy atom. The summed E-state index contributed by atoms with van der Waals surface area (Å²) < 4.78 is 33.4. The summed E-state index contributed by atoms with van der Waals surface area (Å²) in [4.78, 5) is 22.0. The first-order chi connectivity index (χ1) is 10.9. The van der Waals surface area contributed by atoms with Crippen molar-refractivity contribution in [2.45, 2.75) is 44.4 Å². The van der Waals surface area contributed by atoms with Crippen LogP contribution in [0.4, 0.5) is 10.1 Å². The first-order valence-electron chi connectivity index (χ1n) is 7.11. The third kappa shape index (κ3) is 4.81. The normalized spacial score (nSPS) is 15.4. The zero-order valence-electron chi connectivity index (χ0n) is 14.2. The molecular formula is C15H21FN2O5S. The molecule has 0 amide bonds. The lowest BCUT2D eigenvalue weighted by Gasteiger charge is -2.33. The maximum absolute atomic E-state index is 14.3. The van der Waals surface area contributed by atoms with Gasteiger partial charge >= 0.3 is 5.97 Å². The van der Waals surface area contributed by atoms with Gasteiger partial charge < -0.3 is 4.74 Å². The van der Waals surface area contributed by atoms with E-state index in [1.165, 1.54) is 14.0 Å². The number of methoxy groups -OCH3 is 1. The minimum absolute atomic E-state index is 0.125. The van der Waals surface area contributed by atoms with Crippen molar-refractivity contribution in [2.24, 2.45) is 0 Å². The number of benzene rings is 1. The van der Waals surface area contributed by atoms with Gasteiger partial charge in [-0.15, -0.1) is 0 Å². The fourth-order valence-electron chi connectivity index (χ4n) is 1.95. The predicted octanol–water partition coefficient (Wildman–Crippen LogP) is 2.56. The van der Waals surface area contributed by atoms with E-state index in [-0.39, 0.29) is 17.7 Å². The largest absolute Gasteiger partial charge is 0.469 e. The maximum Gasteiger partial charge on any atom is 0.307 e. The number of hydrogen-bond donors (Lipinski definition) is 1. The number of hydrogen-bond acceptors (Lipinski definition) is 5. The van der Waals surface area contributed by atoms with Crippen molar-refractivity contribution in [2.75, 3.05) is 7.11 Å². The summed E-state index contributed by atoms with van der Waals surface area (Å²) in [6.45, 7) is 6.57. The molecule has 0 aliphatic rings. The van der Waals surface area contributed by atoms with Crippen LogP contribution in [-0.4, -0.2) is 27.0 Å². The molecule has 0 radical (unpaired) electrons. The standard InChI is InChI=1S/C15H21FN2O5S/c1-14(2,3)24(22)17-15(4,9-13(19)23-5)11-8-10(18(20)21)6-7-12(11)16/h6-8,17H,9H2,1-5H3/t15-,24+/m0/s1. The molecule has 2 atom stereocenters. The molecule has 0 heterocycles. The van der Waals surface area contributed by atoms with E-state index in [4.69, 9.17) is 0 Å². The quantitative estimate of drug-likeness (QED) is 0.477. The molecule has 0 aliphatic carbocycles. The van der Waals surface area contributed by atoms with E-state index in [1.54, 1.807) is 20.8 Å². The lowest BCUT2D eigenvalue weighted by atomic mass is 9.89. The van der Waals surface area contributed by atoms with Crippen molar-refractivity contribution >= 4 is 22.6 Å². The van der Waals surface area contributed by atoms with Crippen LogP contribution >= 0.6 is 0 Å². The fraction of sp³-hybridized carbons (Fsp3) is 0.533. The second kappa shape index (κ2) is 7.35. The number of carbonyl (C=O) groups is 1. The Hall–Kier alpha value is -1.87. The number of nitro benzene ring substituents is 1. The fourth-order valence-corrected chi connectivity index (χ4v) is 2.85. The first kappa shape index (κ1) is 20.2. The van der Waals surface area contributed by atoms with Gasteiger partial charge in [0, 0.05) is 17.7 Å². The summed E-state index contributed by atoms with van der Waals surface area (Å²) in [5.74, 6) is -1.41. The number of nitrogens with zero attached hydrogens (tertiary/aromatic N) is 1. The highest BCUT2D eigenvalue weighted by Gasteiger charge is 2.37. The number of nitro groups is 1. The molecule has 1 aromatic rings. The molecule has 7 nitrogen and oxygen atoms in total. The third-order valence-corrected chi connectivity index (χ3v) is 5.10. The van der Waals surface area contributed by atoms with E-state index in [9.17, 15) is 23.5 Å². The van der Waals surface area contributed by atoms with Crippen LogP contribution in [0.1, 0.15) is 39.7 Å². The molecule has 1 aromatic carbocycles. The van der Waals surface area contributed by atoms with E-state index in [2.05, 4.69) is 9.46 Å². The zero-order valence-corrected chi connectivity index (χ0v) is 15.0. The summed E-state index contributed by atoms with van der Waals surface area (Å²) in [6.07, 6.45) is -0.344. The van der Waals surface area contributed by atoms with Crippen LogP contribution in [0.3, 0.4) is 0 Å². The molecule has 24 heavy (non-hydrogen) atoms. The number of esters is 1. The van der Waals surface area contributed by atoms with E-state index in [0.717, 1.165) is 18.2 Å². The van der Waals surface area contributed by atoms with Crippen LogP contribution < -0.4 is 4.72 Å². The Labute approximate surface area is 142 Å². The van der Waals surface area contributed by atoms with Crippen molar-refractivity contribution in [3.8, 4) is 0 Å². The highest BCUT2D eigenvalue weighted by molar-refractivity contribution is 7.84. The highest BCUT2D eigenvalue weighted by atomic mass is 32.2.